The van der Waals surface area contributed by atoms with E-state index in [0.717, 1.165) is 17.3 Å². The molecule has 0 amide bonds. The van der Waals surface area contributed by atoms with Gasteiger partial charge >= 0.3 is 0 Å². The Morgan fingerprint density at radius 3 is 2.90 bits per heavy atom. The molecule has 1 aliphatic heterocycles. The lowest BCUT2D eigenvalue weighted by Gasteiger charge is -2.21. The van der Waals surface area contributed by atoms with Crippen LogP contribution in [0.25, 0.3) is 0 Å². The van der Waals surface area contributed by atoms with Crippen LogP contribution in [0.1, 0.15) is 0 Å². The van der Waals surface area contributed by atoms with Crippen molar-refractivity contribution in [2.75, 3.05) is 36.2 Å². The van der Waals surface area contributed by atoms with E-state index < -0.39 is 10.0 Å². The first-order chi connectivity index (χ1) is 9.53. The lowest BCUT2D eigenvalue weighted by Crippen LogP contribution is -2.33. The first kappa shape index (κ1) is 16.2. The number of hydrogen-bond donors (Lipinski definition) is 2. The van der Waals surface area contributed by atoms with Crippen LogP contribution in [-0.4, -0.2) is 49.5 Å². The fourth-order valence-electron chi connectivity index (χ4n) is 1.69. The second-order valence-corrected chi connectivity index (χ2v) is 8.90. The first-order valence-corrected chi connectivity index (χ1v) is 10.1. The fourth-order valence-corrected chi connectivity index (χ4v) is 5.79. The van der Waals surface area contributed by atoms with E-state index in [1.54, 1.807) is 7.05 Å². The molecule has 0 radical (unpaired) electrons. The summed E-state index contributed by atoms with van der Waals surface area (Å²) in [7, 11) is -1.88. The van der Waals surface area contributed by atoms with Crippen LogP contribution in [-0.2, 0) is 10.0 Å². The Hall–Kier alpha value is -0.150. The van der Waals surface area contributed by atoms with Crippen LogP contribution in [0, 0.1) is 0 Å². The smallest absolute Gasteiger partial charge is 0.242 e. The Kier molecular flexibility index (Phi) is 5.85. The lowest BCUT2D eigenvalue weighted by atomic mass is 10.4. The zero-order valence-electron chi connectivity index (χ0n) is 10.9. The van der Waals surface area contributed by atoms with Gasteiger partial charge in [0.1, 0.15) is 10.7 Å². The molecule has 5 nitrogen and oxygen atoms in total. The molecule has 2 N–H and O–H groups in total. The van der Waals surface area contributed by atoms with Gasteiger partial charge in [-0.25, -0.2) is 18.1 Å². The van der Waals surface area contributed by atoms with Crippen molar-refractivity contribution < 1.29 is 8.42 Å². The number of nitrogens with one attached hydrogen (secondary N) is 2. The largest absolute Gasteiger partial charge is 0.372 e. The summed E-state index contributed by atoms with van der Waals surface area (Å²) in [5.41, 5.74) is 0. The number of rotatable bonds is 5. The van der Waals surface area contributed by atoms with Crippen molar-refractivity contribution in [3.05, 3.63) is 17.3 Å². The third-order valence-corrected chi connectivity index (χ3v) is 7.27. The topological polar surface area (TPSA) is 71.1 Å². The Labute approximate surface area is 132 Å². The highest BCUT2D eigenvalue weighted by atomic mass is 35.5. The van der Waals surface area contributed by atoms with Crippen LogP contribution in [0.3, 0.4) is 0 Å². The number of halogens is 1. The van der Waals surface area contributed by atoms with Crippen LogP contribution in [0.2, 0.25) is 5.02 Å². The summed E-state index contributed by atoms with van der Waals surface area (Å²) >= 11 is 9.63. The van der Waals surface area contributed by atoms with Crippen molar-refractivity contribution in [2.24, 2.45) is 0 Å². The monoisotopic (exact) mass is 353 g/mol. The van der Waals surface area contributed by atoms with Crippen LogP contribution in [0.4, 0.5) is 5.82 Å². The molecule has 0 aromatic carbocycles. The molecule has 2 heterocycles. The van der Waals surface area contributed by atoms with Crippen molar-refractivity contribution in [1.29, 1.82) is 0 Å². The van der Waals surface area contributed by atoms with Crippen molar-refractivity contribution >= 4 is 51.0 Å². The molecule has 2 rings (SSSR count). The molecule has 112 valence electrons. The number of sulfonamides is 1. The zero-order chi connectivity index (χ0) is 14.6. The third kappa shape index (κ3) is 4.17. The van der Waals surface area contributed by atoms with Crippen LogP contribution < -0.4 is 10.0 Å². The number of anilines is 1. The SMILES string of the molecule is CNc1ncc(S(=O)(=O)NCC2CSCCS2)cc1Cl. The van der Waals surface area contributed by atoms with Gasteiger partial charge in [0.05, 0.1) is 5.02 Å². The van der Waals surface area contributed by atoms with Crippen LogP contribution in [0.5, 0.6) is 0 Å². The summed E-state index contributed by atoms with van der Waals surface area (Å²) in [6, 6.07) is 1.41. The molecular formula is C11H16ClN3O2S3. The average molecular weight is 354 g/mol. The van der Waals surface area contributed by atoms with E-state index in [1.807, 2.05) is 23.5 Å². The number of thioether (sulfide) groups is 2. The predicted octanol–water partition coefficient (Wildman–Crippen LogP) is 1.90. The van der Waals surface area contributed by atoms with Gasteiger partial charge in [0.2, 0.25) is 10.0 Å². The number of pyridine rings is 1. The molecule has 9 heteroatoms. The Morgan fingerprint density at radius 2 is 2.30 bits per heavy atom. The summed E-state index contributed by atoms with van der Waals surface area (Å²) in [6.07, 6.45) is 1.31. The van der Waals surface area contributed by atoms with Gasteiger partial charge in [-0.15, -0.1) is 0 Å². The van der Waals surface area contributed by atoms with Gasteiger partial charge in [-0.1, -0.05) is 11.6 Å². The van der Waals surface area contributed by atoms with Crippen LogP contribution in [0.15, 0.2) is 17.2 Å². The standard InChI is InChI=1S/C11H16ClN3O2S3/c1-13-11-10(12)4-9(6-14-11)20(16,17)15-5-8-7-18-2-3-19-8/h4,6,8,15H,2-3,5,7H2,1H3,(H,13,14). The molecule has 1 saturated heterocycles. The summed E-state index contributed by atoms with van der Waals surface area (Å²) in [4.78, 5) is 4.08. The normalized spacial score (nSPS) is 19.8. The summed E-state index contributed by atoms with van der Waals surface area (Å²) in [5, 5.41) is 3.41. The van der Waals surface area contributed by atoms with Gasteiger partial charge < -0.3 is 5.32 Å². The number of nitrogens with zero attached hydrogens (tertiary/aromatic N) is 1. The number of aromatic nitrogens is 1. The highest BCUT2D eigenvalue weighted by Gasteiger charge is 2.20. The van der Waals surface area contributed by atoms with Crippen molar-refractivity contribution in [3.8, 4) is 0 Å². The quantitative estimate of drug-likeness (QED) is 0.842. The van der Waals surface area contributed by atoms with Gasteiger partial charge in [0.15, 0.2) is 0 Å². The summed E-state index contributed by atoms with van der Waals surface area (Å²) < 4.78 is 27.0. The maximum atomic E-state index is 12.2. The first-order valence-electron chi connectivity index (χ1n) is 6.05. The molecule has 1 atom stereocenters. The van der Waals surface area contributed by atoms with Gasteiger partial charge in [-0.2, -0.15) is 23.5 Å². The van der Waals surface area contributed by atoms with E-state index in [0.29, 0.717) is 17.6 Å². The maximum absolute atomic E-state index is 12.2. The minimum atomic E-state index is -3.55. The Morgan fingerprint density at radius 1 is 1.50 bits per heavy atom. The van der Waals surface area contributed by atoms with Gasteiger partial charge in [-0.3, -0.25) is 0 Å². The molecule has 1 unspecified atom stereocenters. The Balaban J connectivity index is 2.04. The van der Waals surface area contributed by atoms with Crippen LogP contribution >= 0.6 is 35.1 Å². The summed E-state index contributed by atoms with van der Waals surface area (Å²) in [6.45, 7) is 0.436. The molecule has 1 aliphatic rings. The van der Waals surface area contributed by atoms with Crippen molar-refractivity contribution in [3.63, 3.8) is 0 Å². The lowest BCUT2D eigenvalue weighted by molar-refractivity contribution is 0.581. The van der Waals surface area contributed by atoms with Crippen molar-refractivity contribution in [1.82, 2.24) is 9.71 Å². The molecule has 0 aliphatic carbocycles. The maximum Gasteiger partial charge on any atom is 0.242 e. The van der Waals surface area contributed by atoms with Gasteiger partial charge in [0, 0.05) is 42.3 Å². The van der Waals surface area contributed by atoms with Gasteiger partial charge in [-0.05, 0) is 6.07 Å². The molecular weight excluding hydrogens is 338 g/mol. The predicted molar refractivity (Wildman–Crippen MR) is 87.6 cm³/mol. The van der Waals surface area contributed by atoms with E-state index in [1.165, 1.54) is 12.3 Å². The minimum Gasteiger partial charge on any atom is -0.372 e. The average Bonchev–Trinajstić information content (AvgIpc) is 2.46. The number of hydrogen-bond acceptors (Lipinski definition) is 6. The van der Waals surface area contributed by atoms with Crippen molar-refractivity contribution in [2.45, 2.75) is 10.1 Å². The summed E-state index contributed by atoms with van der Waals surface area (Å²) in [5.74, 6) is 3.65. The Bertz CT molecular complexity index is 562. The van der Waals surface area contributed by atoms with E-state index in [-0.39, 0.29) is 9.92 Å². The third-order valence-electron chi connectivity index (χ3n) is 2.75. The second-order valence-electron chi connectivity index (χ2n) is 4.17. The molecule has 0 saturated carbocycles. The van der Waals surface area contributed by atoms with E-state index in [2.05, 4.69) is 15.0 Å². The molecule has 1 fully saturated rings. The van der Waals surface area contributed by atoms with E-state index in [4.69, 9.17) is 11.6 Å². The molecule has 0 bridgehead atoms. The second kappa shape index (κ2) is 7.22. The molecule has 1 aromatic rings. The highest BCUT2D eigenvalue weighted by molar-refractivity contribution is 8.06. The molecule has 20 heavy (non-hydrogen) atoms. The zero-order valence-corrected chi connectivity index (χ0v) is 14.1. The van der Waals surface area contributed by atoms with E-state index in [9.17, 15) is 8.42 Å². The highest BCUT2D eigenvalue weighted by Crippen LogP contribution is 2.25. The fraction of sp³-hybridized carbons (Fsp3) is 0.545. The van der Waals surface area contributed by atoms with Gasteiger partial charge in [0.25, 0.3) is 0 Å². The minimum absolute atomic E-state index is 0.0926. The van der Waals surface area contributed by atoms with E-state index >= 15 is 0 Å². The molecule has 1 aromatic heterocycles. The molecule has 0 spiro atoms.